The molecule has 1 aromatic carbocycles. The van der Waals surface area contributed by atoms with Crippen LogP contribution in [0, 0.1) is 12.8 Å². The molecule has 2 rings (SSSR count). The molecule has 0 amide bonds. The van der Waals surface area contributed by atoms with E-state index in [-0.39, 0.29) is 29.4 Å². The van der Waals surface area contributed by atoms with Crippen LogP contribution in [0.4, 0.5) is 0 Å². The largest absolute Gasteiger partial charge is 0.356 e. The van der Waals surface area contributed by atoms with Crippen LogP contribution < -0.4 is 10.6 Å². The summed E-state index contributed by atoms with van der Waals surface area (Å²) < 4.78 is 0. The average Bonchev–Trinajstić information content (AvgIpc) is 3.10. The first-order chi connectivity index (χ1) is 9.42. The summed E-state index contributed by atoms with van der Waals surface area (Å²) in [5, 5.41) is 6.92. The fraction of sp³-hybridized carbons (Fsp3) is 0.588. The molecule has 3 nitrogen and oxygen atoms in total. The quantitative estimate of drug-likeness (QED) is 0.461. The summed E-state index contributed by atoms with van der Waals surface area (Å²) >= 11 is 0. The van der Waals surface area contributed by atoms with Crippen LogP contribution in [0.3, 0.4) is 0 Å². The lowest BCUT2D eigenvalue weighted by Gasteiger charge is -2.27. The van der Waals surface area contributed by atoms with Gasteiger partial charge >= 0.3 is 0 Å². The van der Waals surface area contributed by atoms with Gasteiger partial charge in [0.15, 0.2) is 5.96 Å². The molecule has 118 valence electrons. The van der Waals surface area contributed by atoms with Gasteiger partial charge in [-0.25, -0.2) is 0 Å². The minimum Gasteiger partial charge on any atom is -0.356 e. The molecule has 0 bridgehead atoms. The minimum absolute atomic E-state index is 0. The summed E-state index contributed by atoms with van der Waals surface area (Å²) in [4.78, 5) is 4.31. The van der Waals surface area contributed by atoms with Gasteiger partial charge in [-0.1, -0.05) is 50.6 Å². The van der Waals surface area contributed by atoms with Crippen LogP contribution in [0.25, 0.3) is 0 Å². The van der Waals surface area contributed by atoms with Crippen LogP contribution in [-0.2, 0) is 5.41 Å². The number of rotatable bonds is 4. The van der Waals surface area contributed by atoms with Crippen molar-refractivity contribution >= 4 is 29.9 Å². The van der Waals surface area contributed by atoms with Crippen molar-refractivity contribution in [2.24, 2.45) is 10.9 Å². The van der Waals surface area contributed by atoms with Crippen LogP contribution in [-0.4, -0.2) is 25.6 Å². The fourth-order valence-corrected chi connectivity index (χ4v) is 2.37. The third kappa shape index (κ3) is 5.16. The first kappa shape index (κ1) is 18.3. The molecule has 4 heteroatoms. The predicted molar refractivity (Wildman–Crippen MR) is 102 cm³/mol. The zero-order valence-electron chi connectivity index (χ0n) is 13.7. The topological polar surface area (TPSA) is 36.4 Å². The van der Waals surface area contributed by atoms with Gasteiger partial charge in [-0.2, -0.15) is 0 Å². The Hall–Kier alpha value is -0.780. The van der Waals surface area contributed by atoms with Crippen molar-refractivity contribution < 1.29 is 0 Å². The summed E-state index contributed by atoms with van der Waals surface area (Å²) in [6.07, 6.45) is 1.25. The van der Waals surface area contributed by atoms with Crippen molar-refractivity contribution in [1.82, 2.24) is 10.6 Å². The van der Waals surface area contributed by atoms with Gasteiger partial charge in [0.2, 0.25) is 0 Å². The molecular formula is C17H28IN3. The zero-order valence-corrected chi connectivity index (χ0v) is 16.1. The summed E-state index contributed by atoms with van der Waals surface area (Å²) in [6, 6.07) is 9.34. The van der Waals surface area contributed by atoms with Gasteiger partial charge in [0.25, 0.3) is 0 Å². The highest BCUT2D eigenvalue weighted by Gasteiger charge is 2.33. The van der Waals surface area contributed by atoms with Crippen LogP contribution in [0.2, 0.25) is 0 Å². The van der Waals surface area contributed by atoms with E-state index in [0.717, 1.165) is 18.4 Å². The number of guanidine groups is 1. The van der Waals surface area contributed by atoms with Gasteiger partial charge < -0.3 is 10.6 Å². The van der Waals surface area contributed by atoms with E-state index in [9.17, 15) is 0 Å². The molecule has 0 spiro atoms. The van der Waals surface area contributed by atoms with Crippen molar-refractivity contribution in [3.63, 3.8) is 0 Å². The van der Waals surface area contributed by atoms with Gasteiger partial charge in [0.1, 0.15) is 0 Å². The van der Waals surface area contributed by atoms with E-state index in [1.807, 2.05) is 7.05 Å². The van der Waals surface area contributed by atoms with E-state index < -0.39 is 0 Å². The Bertz CT molecular complexity index is 497. The van der Waals surface area contributed by atoms with E-state index in [1.54, 1.807) is 0 Å². The summed E-state index contributed by atoms with van der Waals surface area (Å²) in [5.74, 6) is 1.69. The Kier molecular flexibility index (Phi) is 6.50. The average molecular weight is 401 g/mol. The lowest BCUT2D eigenvalue weighted by Crippen LogP contribution is -2.44. The van der Waals surface area contributed by atoms with Crippen molar-refractivity contribution in [3.05, 3.63) is 35.4 Å². The smallest absolute Gasteiger partial charge is 0.191 e. The molecule has 1 fully saturated rings. The molecule has 0 aliphatic heterocycles. The minimum atomic E-state index is 0. The van der Waals surface area contributed by atoms with Crippen molar-refractivity contribution in [3.8, 4) is 0 Å². The molecule has 2 unspecified atom stereocenters. The molecule has 1 aliphatic rings. The Balaban J connectivity index is 0.00000220. The summed E-state index contributed by atoms with van der Waals surface area (Å²) in [6.45, 7) is 9.81. The number of nitrogens with zero attached hydrogens (tertiary/aromatic N) is 1. The number of benzene rings is 1. The van der Waals surface area contributed by atoms with E-state index in [2.05, 4.69) is 67.6 Å². The number of halogens is 1. The van der Waals surface area contributed by atoms with Crippen LogP contribution in [0.15, 0.2) is 29.3 Å². The Morgan fingerprint density at radius 3 is 2.57 bits per heavy atom. The lowest BCUT2D eigenvalue weighted by molar-refractivity contribution is 0.508. The van der Waals surface area contributed by atoms with Crippen molar-refractivity contribution in [1.29, 1.82) is 0 Å². The normalized spacial score (nSPS) is 21.5. The molecule has 21 heavy (non-hydrogen) atoms. The molecule has 2 atom stereocenters. The fourth-order valence-electron chi connectivity index (χ4n) is 2.37. The Morgan fingerprint density at radius 1 is 1.38 bits per heavy atom. The van der Waals surface area contributed by atoms with E-state index in [0.29, 0.717) is 6.04 Å². The lowest BCUT2D eigenvalue weighted by atomic mass is 9.84. The highest BCUT2D eigenvalue weighted by molar-refractivity contribution is 14.0. The molecule has 2 N–H and O–H groups in total. The first-order valence-corrected chi connectivity index (χ1v) is 7.47. The second kappa shape index (κ2) is 7.47. The van der Waals surface area contributed by atoms with Crippen molar-refractivity contribution in [2.45, 2.75) is 45.6 Å². The molecule has 0 aromatic heterocycles. The van der Waals surface area contributed by atoms with Gasteiger partial charge in [-0.15, -0.1) is 24.0 Å². The molecule has 1 saturated carbocycles. The molecule has 0 radical (unpaired) electrons. The standard InChI is InChI=1S/C17H27N3.HI/c1-12-7-6-8-14(9-12)17(3,4)11-19-16(18-5)20-15-10-13(15)2;/h6-9,13,15H,10-11H2,1-5H3,(H2,18,19,20);1H. The first-order valence-electron chi connectivity index (χ1n) is 7.47. The molecular weight excluding hydrogens is 373 g/mol. The third-order valence-corrected chi connectivity index (χ3v) is 4.15. The number of aryl methyl sites for hydroxylation is 1. The monoisotopic (exact) mass is 401 g/mol. The maximum absolute atomic E-state index is 4.31. The number of hydrogen-bond acceptors (Lipinski definition) is 1. The predicted octanol–water partition coefficient (Wildman–Crippen LogP) is 3.46. The van der Waals surface area contributed by atoms with Gasteiger partial charge in [-0.05, 0) is 24.8 Å². The highest BCUT2D eigenvalue weighted by atomic mass is 127. The molecule has 0 heterocycles. The third-order valence-electron chi connectivity index (χ3n) is 4.15. The number of hydrogen-bond donors (Lipinski definition) is 2. The molecule has 0 saturated heterocycles. The zero-order chi connectivity index (χ0) is 14.8. The van der Waals surface area contributed by atoms with E-state index >= 15 is 0 Å². The van der Waals surface area contributed by atoms with Gasteiger partial charge in [-0.3, -0.25) is 4.99 Å². The van der Waals surface area contributed by atoms with Crippen LogP contribution in [0.1, 0.15) is 38.3 Å². The second-order valence-corrected chi connectivity index (χ2v) is 6.64. The Morgan fingerprint density at radius 2 is 2.05 bits per heavy atom. The van der Waals surface area contributed by atoms with E-state index in [4.69, 9.17) is 0 Å². The molecule has 1 aromatic rings. The highest BCUT2D eigenvalue weighted by Crippen LogP contribution is 2.29. The number of nitrogens with one attached hydrogen (secondary N) is 2. The SMILES string of the molecule is CN=C(NCC(C)(C)c1cccc(C)c1)NC1CC1C.I. The maximum atomic E-state index is 4.31. The van der Waals surface area contributed by atoms with Crippen LogP contribution in [0.5, 0.6) is 0 Å². The summed E-state index contributed by atoms with van der Waals surface area (Å²) in [7, 11) is 1.84. The van der Waals surface area contributed by atoms with Crippen molar-refractivity contribution in [2.75, 3.05) is 13.6 Å². The van der Waals surface area contributed by atoms with Crippen LogP contribution >= 0.6 is 24.0 Å². The van der Waals surface area contributed by atoms with E-state index in [1.165, 1.54) is 17.5 Å². The molecule has 1 aliphatic carbocycles. The van der Waals surface area contributed by atoms with Gasteiger partial charge in [0, 0.05) is 25.0 Å². The number of aliphatic imine (C=N–C) groups is 1. The maximum Gasteiger partial charge on any atom is 0.191 e. The second-order valence-electron chi connectivity index (χ2n) is 6.64. The Labute approximate surface area is 146 Å². The van der Waals surface area contributed by atoms with Gasteiger partial charge in [0.05, 0.1) is 0 Å². The summed E-state index contributed by atoms with van der Waals surface area (Å²) in [5.41, 5.74) is 2.75.